The molecule has 0 unspecified atom stereocenters. The maximum absolute atomic E-state index is 13.2. The molecule has 0 spiro atoms. The zero-order valence-corrected chi connectivity index (χ0v) is 13.2. The number of pyridine rings is 1. The SMILES string of the molecule is Fc1ccc(-c2[nH]nc(NN3CCCC3)c2-c2ccncc2)cc1. The summed E-state index contributed by atoms with van der Waals surface area (Å²) in [6.07, 6.45) is 5.90. The fourth-order valence-electron chi connectivity index (χ4n) is 3.03. The molecule has 1 aromatic carbocycles. The molecule has 1 saturated heterocycles. The quantitative estimate of drug-likeness (QED) is 0.769. The van der Waals surface area contributed by atoms with Crippen LogP contribution in [0.1, 0.15) is 12.8 Å². The molecule has 2 N–H and O–H groups in total. The van der Waals surface area contributed by atoms with Gasteiger partial charge in [0.1, 0.15) is 5.82 Å². The molecule has 0 bridgehead atoms. The van der Waals surface area contributed by atoms with Crippen molar-refractivity contribution < 1.29 is 4.39 Å². The maximum atomic E-state index is 13.2. The highest BCUT2D eigenvalue weighted by Gasteiger charge is 2.20. The van der Waals surface area contributed by atoms with Crippen molar-refractivity contribution >= 4 is 5.82 Å². The number of aromatic amines is 1. The van der Waals surface area contributed by atoms with Crippen molar-refractivity contribution in [1.82, 2.24) is 20.2 Å². The fraction of sp³-hybridized carbons (Fsp3) is 0.222. The van der Waals surface area contributed by atoms with Gasteiger partial charge in [0.05, 0.1) is 11.3 Å². The molecule has 2 aromatic heterocycles. The van der Waals surface area contributed by atoms with E-state index in [4.69, 9.17) is 0 Å². The lowest BCUT2D eigenvalue weighted by atomic mass is 10.0. The minimum absolute atomic E-state index is 0.251. The van der Waals surface area contributed by atoms with E-state index in [1.165, 1.54) is 25.0 Å². The van der Waals surface area contributed by atoms with Crippen LogP contribution in [0.4, 0.5) is 10.2 Å². The molecule has 3 heterocycles. The Balaban J connectivity index is 1.78. The van der Waals surface area contributed by atoms with Crippen LogP contribution in [0.15, 0.2) is 48.8 Å². The molecule has 0 atom stereocenters. The molecule has 5 nitrogen and oxygen atoms in total. The van der Waals surface area contributed by atoms with E-state index >= 15 is 0 Å². The molecule has 122 valence electrons. The third-order valence-corrected chi connectivity index (χ3v) is 4.24. The number of nitrogens with zero attached hydrogens (tertiary/aromatic N) is 3. The molecule has 1 fully saturated rings. The summed E-state index contributed by atoms with van der Waals surface area (Å²) in [4.78, 5) is 4.09. The van der Waals surface area contributed by atoms with Gasteiger partial charge in [0.15, 0.2) is 5.82 Å². The van der Waals surface area contributed by atoms with Gasteiger partial charge in [-0.05, 0) is 54.8 Å². The second-order valence-corrected chi connectivity index (χ2v) is 5.87. The van der Waals surface area contributed by atoms with Crippen molar-refractivity contribution in [2.75, 3.05) is 18.5 Å². The van der Waals surface area contributed by atoms with Crippen LogP contribution < -0.4 is 5.43 Å². The van der Waals surface area contributed by atoms with Gasteiger partial charge in [-0.15, -0.1) is 0 Å². The molecule has 3 aromatic rings. The largest absolute Gasteiger partial charge is 0.301 e. The molecule has 6 heteroatoms. The van der Waals surface area contributed by atoms with Crippen LogP contribution in [0.3, 0.4) is 0 Å². The number of nitrogens with one attached hydrogen (secondary N) is 2. The first kappa shape index (κ1) is 14.8. The first-order valence-corrected chi connectivity index (χ1v) is 8.07. The van der Waals surface area contributed by atoms with Gasteiger partial charge >= 0.3 is 0 Å². The Labute approximate surface area is 139 Å². The van der Waals surface area contributed by atoms with Gasteiger partial charge in [-0.2, -0.15) is 5.10 Å². The van der Waals surface area contributed by atoms with Crippen molar-refractivity contribution in [1.29, 1.82) is 0 Å². The molecule has 1 aliphatic rings. The second-order valence-electron chi connectivity index (χ2n) is 5.87. The Kier molecular flexibility index (Phi) is 3.96. The lowest BCUT2D eigenvalue weighted by molar-refractivity contribution is 0.408. The molecular weight excluding hydrogens is 305 g/mol. The van der Waals surface area contributed by atoms with E-state index in [1.807, 2.05) is 12.1 Å². The number of hydrazine groups is 1. The first-order chi connectivity index (χ1) is 11.8. The summed E-state index contributed by atoms with van der Waals surface area (Å²) < 4.78 is 13.2. The van der Waals surface area contributed by atoms with Crippen molar-refractivity contribution in [2.45, 2.75) is 12.8 Å². The average molecular weight is 323 g/mol. The predicted octanol–water partition coefficient (Wildman–Crippen LogP) is 3.70. The van der Waals surface area contributed by atoms with Gasteiger partial charge in [-0.25, -0.2) is 9.40 Å². The number of anilines is 1. The van der Waals surface area contributed by atoms with Crippen LogP contribution in [-0.2, 0) is 0 Å². The third-order valence-electron chi connectivity index (χ3n) is 4.24. The second kappa shape index (κ2) is 6.41. The summed E-state index contributed by atoms with van der Waals surface area (Å²) in [5, 5.41) is 9.74. The van der Waals surface area contributed by atoms with Crippen LogP contribution in [0.5, 0.6) is 0 Å². The van der Waals surface area contributed by atoms with E-state index in [0.29, 0.717) is 0 Å². The molecule has 1 aliphatic heterocycles. The molecule has 24 heavy (non-hydrogen) atoms. The highest BCUT2D eigenvalue weighted by atomic mass is 19.1. The van der Waals surface area contributed by atoms with E-state index in [1.54, 1.807) is 24.5 Å². The number of rotatable bonds is 4. The number of H-pyrrole nitrogens is 1. The van der Waals surface area contributed by atoms with Gasteiger partial charge in [0, 0.05) is 31.0 Å². The number of hydrogen-bond acceptors (Lipinski definition) is 4. The van der Waals surface area contributed by atoms with Crippen LogP contribution in [-0.4, -0.2) is 33.3 Å². The minimum atomic E-state index is -0.251. The Hall–Kier alpha value is -2.73. The summed E-state index contributed by atoms with van der Waals surface area (Å²) in [6, 6.07) is 10.3. The van der Waals surface area contributed by atoms with E-state index < -0.39 is 0 Å². The van der Waals surface area contributed by atoms with Crippen molar-refractivity contribution in [3.63, 3.8) is 0 Å². The van der Waals surface area contributed by atoms with E-state index in [9.17, 15) is 4.39 Å². The topological polar surface area (TPSA) is 56.8 Å². The first-order valence-electron chi connectivity index (χ1n) is 8.07. The van der Waals surface area contributed by atoms with Gasteiger partial charge < -0.3 is 5.43 Å². The predicted molar refractivity (Wildman–Crippen MR) is 91.6 cm³/mol. The van der Waals surface area contributed by atoms with E-state index in [-0.39, 0.29) is 5.82 Å². The molecule has 0 amide bonds. The van der Waals surface area contributed by atoms with Crippen molar-refractivity contribution in [3.05, 3.63) is 54.6 Å². The summed E-state index contributed by atoms with van der Waals surface area (Å²) in [5.41, 5.74) is 7.15. The van der Waals surface area contributed by atoms with E-state index in [2.05, 4.69) is 25.6 Å². The molecular formula is C18H18FN5. The van der Waals surface area contributed by atoms with Crippen LogP contribution >= 0.6 is 0 Å². The average Bonchev–Trinajstić information content (AvgIpc) is 3.27. The lowest BCUT2D eigenvalue weighted by Gasteiger charge is -2.17. The highest BCUT2D eigenvalue weighted by molar-refractivity contribution is 5.88. The normalized spacial score (nSPS) is 14.9. The zero-order chi connectivity index (χ0) is 16.4. The van der Waals surface area contributed by atoms with E-state index in [0.717, 1.165) is 41.3 Å². The van der Waals surface area contributed by atoms with Gasteiger partial charge in [-0.3, -0.25) is 10.1 Å². The van der Waals surface area contributed by atoms with Gasteiger partial charge in [0.25, 0.3) is 0 Å². The summed E-state index contributed by atoms with van der Waals surface area (Å²) in [6.45, 7) is 2.02. The van der Waals surface area contributed by atoms with Crippen LogP contribution in [0.2, 0.25) is 0 Å². The maximum Gasteiger partial charge on any atom is 0.170 e. The fourth-order valence-corrected chi connectivity index (χ4v) is 3.03. The van der Waals surface area contributed by atoms with Gasteiger partial charge in [0.2, 0.25) is 0 Å². The molecule has 0 radical (unpaired) electrons. The summed E-state index contributed by atoms with van der Waals surface area (Å²) in [5.74, 6) is 0.529. The highest BCUT2D eigenvalue weighted by Crippen LogP contribution is 2.36. The smallest absolute Gasteiger partial charge is 0.170 e. The van der Waals surface area contributed by atoms with Crippen molar-refractivity contribution in [3.8, 4) is 22.4 Å². The Morgan fingerprint density at radius 2 is 1.67 bits per heavy atom. The Morgan fingerprint density at radius 1 is 0.958 bits per heavy atom. The Bertz CT molecular complexity index is 807. The Morgan fingerprint density at radius 3 is 2.38 bits per heavy atom. The molecule has 0 saturated carbocycles. The van der Waals surface area contributed by atoms with Crippen molar-refractivity contribution in [2.24, 2.45) is 0 Å². The van der Waals surface area contributed by atoms with Crippen LogP contribution in [0.25, 0.3) is 22.4 Å². The van der Waals surface area contributed by atoms with Gasteiger partial charge in [-0.1, -0.05) is 0 Å². The standard InChI is InChI=1S/C18H18FN5/c19-15-5-3-14(4-6-15)17-16(13-7-9-20-10-8-13)18(22-21-17)23-24-11-1-2-12-24/h3-10H,1-2,11-12H2,(H2,21,22,23). The van der Waals surface area contributed by atoms with Crippen LogP contribution in [0, 0.1) is 5.82 Å². The molecule has 0 aliphatic carbocycles. The monoisotopic (exact) mass is 323 g/mol. The number of aromatic nitrogens is 3. The number of hydrogen-bond donors (Lipinski definition) is 2. The summed E-state index contributed by atoms with van der Waals surface area (Å²) in [7, 11) is 0. The number of halogens is 1. The summed E-state index contributed by atoms with van der Waals surface area (Å²) >= 11 is 0. The zero-order valence-electron chi connectivity index (χ0n) is 13.2. The minimum Gasteiger partial charge on any atom is -0.301 e. The molecule has 4 rings (SSSR count). The number of benzene rings is 1. The lowest BCUT2D eigenvalue weighted by Crippen LogP contribution is -2.26. The third kappa shape index (κ3) is 2.88.